The summed E-state index contributed by atoms with van der Waals surface area (Å²) in [5.41, 5.74) is 3.52. The molecule has 26 heavy (non-hydrogen) atoms. The summed E-state index contributed by atoms with van der Waals surface area (Å²) in [4.78, 5) is 17.8. The Morgan fingerprint density at radius 3 is 2.65 bits per heavy atom. The number of rotatable bonds is 5. The summed E-state index contributed by atoms with van der Waals surface area (Å²) in [5, 5.41) is 7.44. The first kappa shape index (κ1) is 15.5. The maximum Gasteiger partial charge on any atom is 0.278 e. The molecule has 2 aromatic heterocycles. The van der Waals surface area contributed by atoms with Crippen molar-refractivity contribution in [1.82, 2.24) is 20.1 Å². The summed E-state index contributed by atoms with van der Waals surface area (Å²) in [5.74, 6) is 0. The van der Waals surface area contributed by atoms with E-state index in [1.54, 1.807) is 4.68 Å². The van der Waals surface area contributed by atoms with Gasteiger partial charge in [-0.2, -0.15) is 4.68 Å². The lowest BCUT2D eigenvalue weighted by molar-refractivity contribution is 0.684. The fourth-order valence-electron chi connectivity index (χ4n) is 3.10. The van der Waals surface area contributed by atoms with E-state index in [0.717, 1.165) is 27.0 Å². The van der Waals surface area contributed by atoms with Gasteiger partial charge in [0, 0.05) is 12.6 Å². The number of aromatic nitrogens is 3. The fraction of sp³-hybridized carbons (Fsp3) is 0.200. The summed E-state index contributed by atoms with van der Waals surface area (Å²) in [6.07, 6.45) is 2.38. The molecule has 0 saturated heterocycles. The number of fused-ring (bicyclic) bond motifs is 1. The SMILES string of the molecule is O=c1c(CNC2CC2)c(-c2ccccc2)[nH]n1-c1nc2ccccc2s1. The molecule has 4 aromatic rings. The van der Waals surface area contributed by atoms with Crippen LogP contribution in [0.1, 0.15) is 18.4 Å². The first-order chi connectivity index (χ1) is 12.8. The Kier molecular flexibility index (Phi) is 3.72. The van der Waals surface area contributed by atoms with E-state index in [4.69, 9.17) is 0 Å². The molecule has 1 aliphatic rings. The summed E-state index contributed by atoms with van der Waals surface area (Å²) in [7, 11) is 0. The smallest absolute Gasteiger partial charge is 0.278 e. The van der Waals surface area contributed by atoms with E-state index >= 15 is 0 Å². The van der Waals surface area contributed by atoms with Gasteiger partial charge in [-0.05, 0) is 30.5 Å². The molecule has 2 N–H and O–H groups in total. The molecule has 0 aliphatic heterocycles. The van der Waals surface area contributed by atoms with Crippen LogP contribution >= 0.6 is 11.3 Å². The van der Waals surface area contributed by atoms with Crippen molar-refractivity contribution in [3.05, 3.63) is 70.5 Å². The Labute approximate surface area is 154 Å². The lowest BCUT2D eigenvalue weighted by Crippen LogP contribution is -2.23. The quantitative estimate of drug-likeness (QED) is 0.569. The molecule has 0 unspecified atom stereocenters. The summed E-state index contributed by atoms with van der Waals surface area (Å²) in [6, 6.07) is 18.5. The van der Waals surface area contributed by atoms with Crippen LogP contribution in [-0.2, 0) is 6.54 Å². The highest BCUT2D eigenvalue weighted by atomic mass is 32.1. The molecule has 0 amide bonds. The molecule has 0 radical (unpaired) electrons. The Balaban J connectivity index is 1.64. The van der Waals surface area contributed by atoms with Gasteiger partial charge in [-0.25, -0.2) is 4.98 Å². The Morgan fingerprint density at radius 1 is 1.12 bits per heavy atom. The zero-order valence-electron chi connectivity index (χ0n) is 14.1. The molecule has 130 valence electrons. The number of thiazole rings is 1. The van der Waals surface area contributed by atoms with Gasteiger partial charge in [-0.15, -0.1) is 0 Å². The van der Waals surface area contributed by atoms with E-state index in [1.165, 1.54) is 24.2 Å². The van der Waals surface area contributed by atoms with Crippen molar-refractivity contribution in [1.29, 1.82) is 0 Å². The van der Waals surface area contributed by atoms with Crippen LogP contribution < -0.4 is 10.9 Å². The number of benzene rings is 2. The minimum absolute atomic E-state index is 0.0314. The van der Waals surface area contributed by atoms with Crippen molar-refractivity contribution >= 4 is 21.6 Å². The highest BCUT2D eigenvalue weighted by Gasteiger charge is 2.24. The van der Waals surface area contributed by atoms with E-state index in [-0.39, 0.29) is 5.56 Å². The van der Waals surface area contributed by atoms with Crippen LogP contribution in [0.25, 0.3) is 26.6 Å². The Bertz CT molecular complexity index is 1090. The molecule has 5 rings (SSSR count). The first-order valence-corrected chi connectivity index (χ1v) is 9.60. The lowest BCUT2D eigenvalue weighted by Gasteiger charge is -2.03. The highest BCUT2D eigenvalue weighted by molar-refractivity contribution is 7.20. The maximum atomic E-state index is 13.1. The van der Waals surface area contributed by atoms with Crippen LogP contribution in [0.3, 0.4) is 0 Å². The average molecular weight is 362 g/mol. The van der Waals surface area contributed by atoms with E-state index in [1.807, 2.05) is 54.6 Å². The van der Waals surface area contributed by atoms with E-state index < -0.39 is 0 Å². The third kappa shape index (κ3) is 2.77. The van der Waals surface area contributed by atoms with Crippen LogP contribution in [0.15, 0.2) is 59.4 Å². The Hall–Kier alpha value is -2.70. The summed E-state index contributed by atoms with van der Waals surface area (Å²) >= 11 is 1.52. The number of H-pyrrole nitrogens is 1. The molecule has 2 aromatic carbocycles. The third-order valence-corrected chi connectivity index (χ3v) is 5.69. The largest absolute Gasteiger partial charge is 0.310 e. The van der Waals surface area contributed by atoms with Crippen molar-refractivity contribution in [2.24, 2.45) is 0 Å². The van der Waals surface area contributed by atoms with Crippen LogP contribution in [0, 0.1) is 0 Å². The predicted octanol–water partition coefficient (Wildman–Crippen LogP) is 3.69. The monoisotopic (exact) mass is 362 g/mol. The number of hydrogen-bond donors (Lipinski definition) is 2. The molecule has 0 spiro atoms. The molecule has 0 atom stereocenters. The van der Waals surface area contributed by atoms with Crippen LogP contribution in [0.5, 0.6) is 0 Å². The van der Waals surface area contributed by atoms with E-state index in [0.29, 0.717) is 17.7 Å². The van der Waals surface area contributed by atoms with Crippen molar-refractivity contribution in [2.45, 2.75) is 25.4 Å². The molecular formula is C20H18N4OS. The normalized spacial score (nSPS) is 14.2. The number of hydrogen-bond acceptors (Lipinski definition) is 4. The zero-order chi connectivity index (χ0) is 17.5. The van der Waals surface area contributed by atoms with Gasteiger partial charge < -0.3 is 5.32 Å². The highest BCUT2D eigenvalue weighted by Crippen LogP contribution is 2.26. The molecule has 1 fully saturated rings. The number of nitrogens with one attached hydrogen (secondary N) is 2. The second-order valence-electron chi connectivity index (χ2n) is 6.59. The molecule has 1 saturated carbocycles. The minimum atomic E-state index is -0.0314. The molecule has 0 bridgehead atoms. The average Bonchev–Trinajstić information content (AvgIpc) is 3.31. The molecule has 1 aliphatic carbocycles. The van der Waals surface area contributed by atoms with Gasteiger partial charge in [0.05, 0.1) is 21.5 Å². The molecule has 6 heteroatoms. The second kappa shape index (κ2) is 6.23. The number of nitrogens with zero attached hydrogens (tertiary/aromatic N) is 2. The Morgan fingerprint density at radius 2 is 1.88 bits per heavy atom. The van der Waals surface area contributed by atoms with Gasteiger partial charge in [0.25, 0.3) is 5.56 Å². The van der Waals surface area contributed by atoms with Gasteiger partial charge in [0.15, 0.2) is 0 Å². The minimum Gasteiger partial charge on any atom is -0.310 e. The van der Waals surface area contributed by atoms with Crippen molar-refractivity contribution in [2.75, 3.05) is 0 Å². The summed E-state index contributed by atoms with van der Waals surface area (Å²) in [6.45, 7) is 0.572. The van der Waals surface area contributed by atoms with Gasteiger partial charge in [0.2, 0.25) is 5.13 Å². The topological polar surface area (TPSA) is 62.7 Å². The number of para-hydroxylation sites is 1. The predicted molar refractivity (Wildman–Crippen MR) is 105 cm³/mol. The molecule has 2 heterocycles. The second-order valence-corrected chi connectivity index (χ2v) is 7.60. The fourth-order valence-corrected chi connectivity index (χ4v) is 4.03. The number of aromatic amines is 1. The van der Waals surface area contributed by atoms with Crippen LogP contribution in [-0.4, -0.2) is 20.8 Å². The van der Waals surface area contributed by atoms with E-state index in [2.05, 4.69) is 15.4 Å². The third-order valence-electron chi connectivity index (χ3n) is 4.67. The van der Waals surface area contributed by atoms with Crippen molar-refractivity contribution < 1.29 is 0 Å². The van der Waals surface area contributed by atoms with E-state index in [9.17, 15) is 4.79 Å². The van der Waals surface area contributed by atoms with Crippen LogP contribution in [0.4, 0.5) is 0 Å². The van der Waals surface area contributed by atoms with Crippen molar-refractivity contribution in [3.8, 4) is 16.4 Å². The maximum absolute atomic E-state index is 13.1. The van der Waals surface area contributed by atoms with Gasteiger partial charge in [-0.3, -0.25) is 9.89 Å². The van der Waals surface area contributed by atoms with Gasteiger partial charge in [-0.1, -0.05) is 53.8 Å². The molecular weight excluding hydrogens is 344 g/mol. The van der Waals surface area contributed by atoms with Crippen molar-refractivity contribution in [3.63, 3.8) is 0 Å². The summed E-state index contributed by atoms with van der Waals surface area (Å²) < 4.78 is 2.65. The standard InChI is InChI=1S/C20H18N4OS/c25-19-15(12-21-14-10-11-14)18(13-6-2-1-3-7-13)23-24(19)20-22-16-8-4-5-9-17(16)26-20/h1-9,14,21,23H,10-12H2. The lowest BCUT2D eigenvalue weighted by atomic mass is 10.1. The van der Waals surface area contributed by atoms with Gasteiger partial charge >= 0.3 is 0 Å². The first-order valence-electron chi connectivity index (χ1n) is 8.78. The van der Waals surface area contributed by atoms with Gasteiger partial charge in [0.1, 0.15) is 0 Å². The molecule has 5 nitrogen and oxygen atoms in total. The zero-order valence-corrected chi connectivity index (χ0v) is 14.9. The van der Waals surface area contributed by atoms with Crippen LogP contribution in [0.2, 0.25) is 0 Å².